The standard InChI is InChI=1S/C19H26N4O3S/c1-20-27(25,26)14-17-6-4-15(5-7-17)12-21-19(24)22-13-16-8-10-18(11-9-16)23(2)3/h4-11,20H,12-14H2,1-3H3,(H2,21,22,24). The van der Waals surface area contributed by atoms with Crippen LogP contribution in [0.3, 0.4) is 0 Å². The third kappa shape index (κ3) is 6.92. The number of benzene rings is 2. The number of nitrogens with zero attached hydrogens (tertiary/aromatic N) is 1. The molecule has 2 aromatic carbocycles. The van der Waals surface area contributed by atoms with Gasteiger partial charge in [0.15, 0.2) is 0 Å². The summed E-state index contributed by atoms with van der Waals surface area (Å²) in [4.78, 5) is 14.0. The lowest BCUT2D eigenvalue weighted by Gasteiger charge is -2.13. The Morgan fingerprint density at radius 3 is 1.74 bits per heavy atom. The quantitative estimate of drug-likeness (QED) is 0.641. The van der Waals surface area contributed by atoms with Crippen molar-refractivity contribution < 1.29 is 13.2 Å². The van der Waals surface area contributed by atoms with Crippen molar-refractivity contribution in [2.24, 2.45) is 0 Å². The van der Waals surface area contributed by atoms with Gasteiger partial charge in [0.2, 0.25) is 10.0 Å². The van der Waals surface area contributed by atoms with Gasteiger partial charge in [-0.3, -0.25) is 0 Å². The number of hydrogen-bond donors (Lipinski definition) is 3. The molecule has 146 valence electrons. The predicted octanol–water partition coefficient (Wildman–Crippen LogP) is 1.80. The lowest BCUT2D eigenvalue weighted by Crippen LogP contribution is -2.34. The molecule has 0 atom stereocenters. The highest BCUT2D eigenvalue weighted by molar-refractivity contribution is 7.88. The van der Waals surface area contributed by atoms with Crippen LogP contribution < -0.4 is 20.3 Å². The molecule has 0 saturated carbocycles. The molecule has 2 aromatic rings. The van der Waals surface area contributed by atoms with E-state index in [0.29, 0.717) is 18.7 Å². The monoisotopic (exact) mass is 390 g/mol. The van der Waals surface area contributed by atoms with Gasteiger partial charge in [-0.15, -0.1) is 0 Å². The van der Waals surface area contributed by atoms with Gasteiger partial charge >= 0.3 is 6.03 Å². The van der Waals surface area contributed by atoms with Gasteiger partial charge in [0.1, 0.15) is 0 Å². The van der Waals surface area contributed by atoms with Crippen molar-refractivity contribution in [3.8, 4) is 0 Å². The zero-order valence-corrected chi connectivity index (χ0v) is 16.6. The Balaban J connectivity index is 1.78. The summed E-state index contributed by atoms with van der Waals surface area (Å²) in [5.41, 5.74) is 3.71. The van der Waals surface area contributed by atoms with Crippen LogP contribution in [0.1, 0.15) is 16.7 Å². The van der Waals surface area contributed by atoms with Crippen molar-refractivity contribution in [2.75, 3.05) is 26.0 Å². The van der Waals surface area contributed by atoms with Gasteiger partial charge in [-0.25, -0.2) is 17.9 Å². The maximum absolute atomic E-state index is 11.9. The third-order valence-corrected chi connectivity index (χ3v) is 5.38. The molecule has 0 spiro atoms. The van der Waals surface area contributed by atoms with E-state index in [1.165, 1.54) is 7.05 Å². The average Bonchev–Trinajstić information content (AvgIpc) is 2.66. The number of carbonyl (C=O) groups is 1. The van der Waals surface area contributed by atoms with Crippen LogP contribution in [0.15, 0.2) is 48.5 Å². The van der Waals surface area contributed by atoms with Crippen LogP contribution in [0.5, 0.6) is 0 Å². The molecule has 0 aliphatic heterocycles. The lowest BCUT2D eigenvalue weighted by atomic mass is 10.1. The Hall–Kier alpha value is -2.58. The normalized spacial score (nSPS) is 11.1. The molecule has 0 radical (unpaired) electrons. The van der Waals surface area contributed by atoms with Gasteiger partial charge in [-0.2, -0.15) is 0 Å². The summed E-state index contributed by atoms with van der Waals surface area (Å²) in [6.07, 6.45) is 0. The molecule has 2 amide bonds. The van der Waals surface area contributed by atoms with E-state index in [9.17, 15) is 13.2 Å². The summed E-state index contributed by atoms with van der Waals surface area (Å²) < 4.78 is 25.3. The minimum absolute atomic E-state index is 0.0652. The van der Waals surface area contributed by atoms with Crippen molar-refractivity contribution in [3.63, 3.8) is 0 Å². The molecule has 3 N–H and O–H groups in total. The summed E-state index contributed by atoms with van der Waals surface area (Å²) in [6.45, 7) is 0.810. The fourth-order valence-corrected chi connectivity index (χ4v) is 3.16. The van der Waals surface area contributed by atoms with E-state index >= 15 is 0 Å². The Labute approximate surface area is 160 Å². The predicted molar refractivity (Wildman–Crippen MR) is 108 cm³/mol. The maximum Gasteiger partial charge on any atom is 0.315 e. The summed E-state index contributed by atoms with van der Waals surface area (Å²) >= 11 is 0. The summed E-state index contributed by atoms with van der Waals surface area (Å²) in [5, 5.41) is 5.61. The SMILES string of the molecule is CNS(=O)(=O)Cc1ccc(CNC(=O)NCc2ccc(N(C)C)cc2)cc1. The zero-order valence-electron chi connectivity index (χ0n) is 15.8. The molecule has 7 nitrogen and oxygen atoms in total. The van der Waals surface area contributed by atoms with Crippen molar-refractivity contribution in [2.45, 2.75) is 18.8 Å². The first-order chi connectivity index (χ1) is 12.8. The molecule has 27 heavy (non-hydrogen) atoms. The molecule has 0 heterocycles. The summed E-state index contributed by atoms with van der Waals surface area (Å²) in [5.74, 6) is -0.0652. The number of rotatable bonds is 8. The second kappa shape index (κ2) is 9.38. The molecule has 0 bridgehead atoms. The van der Waals surface area contributed by atoms with E-state index in [1.54, 1.807) is 24.3 Å². The van der Waals surface area contributed by atoms with Gasteiger partial charge in [-0.1, -0.05) is 36.4 Å². The molecule has 2 rings (SSSR count). The number of carbonyl (C=O) groups excluding carboxylic acids is 1. The molecule has 0 aliphatic carbocycles. The van der Waals surface area contributed by atoms with Crippen molar-refractivity contribution in [1.29, 1.82) is 0 Å². The van der Waals surface area contributed by atoms with Crippen LogP contribution in [0.4, 0.5) is 10.5 Å². The molecule has 8 heteroatoms. The van der Waals surface area contributed by atoms with Gasteiger partial charge < -0.3 is 15.5 Å². The Bertz CT molecular complexity index is 848. The highest BCUT2D eigenvalue weighted by atomic mass is 32.2. The lowest BCUT2D eigenvalue weighted by molar-refractivity contribution is 0.240. The first-order valence-corrected chi connectivity index (χ1v) is 10.2. The molecular weight excluding hydrogens is 364 g/mol. The average molecular weight is 391 g/mol. The minimum Gasteiger partial charge on any atom is -0.378 e. The number of nitrogens with one attached hydrogen (secondary N) is 3. The van der Waals surface area contributed by atoms with Gasteiger partial charge in [0, 0.05) is 32.9 Å². The van der Waals surface area contributed by atoms with E-state index < -0.39 is 10.0 Å². The topological polar surface area (TPSA) is 90.5 Å². The summed E-state index contributed by atoms with van der Waals surface area (Å²) in [7, 11) is 2.06. The Kier molecular flexibility index (Phi) is 7.20. The highest BCUT2D eigenvalue weighted by Gasteiger charge is 2.08. The number of urea groups is 1. The van der Waals surface area contributed by atoms with Gasteiger partial charge in [0.25, 0.3) is 0 Å². The first kappa shape index (κ1) is 20.7. The van der Waals surface area contributed by atoms with E-state index in [4.69, 9.17) is 0 Å². The van der Waals surface area contributed by atoms with Crippen molar-refractivity contribution >= 4 is 21.7 Å². The Morgan fingerprint density at radius 2 is 1.30 bits per heavy atom. The van der Waals surface area contributed by atoms with Crippen LogP contribution in [-0.4, -0.2) is 35.6 Å². The van der Waals surface area contributed by atoms with E-state index in [0.717, 1.165) is 16.8 Å². The first-order valence-electron chi connectivity index (χ1n) is 8.56. The van der Waals surface area contributed by atoms with Crippen LogP contribution in [-0.2, 0) is 28.9 Å². The van der Waals surface area contributed by atoms with Gasteiger partial charge in [-0.05, 0) is 35.9 Å². The van der Waals surface area contributed by atoms with Crippen LogP contribution in [0.2, 0.25) is 0 Å². The maximum atomic E-state index is 11.9. The molecule has 0 saturated heterocycles. The second-order valence-electron chi connectivity index (χ2n) is 6.38. The van der Waals surface area contributed by atoms with Crippen LogP contribution in [0, 0.1) is 0 Å². The van der Waals surface area contributed by atoms with Crippen LogP contribution in [0.25, 0.3) is 0 Å². The fourth-order valence-electron chi connectivity index (χ4n) is 2.38. The van der Waals surface area contributed by atoms with Gasteiger partial charge in [0.05, 0.1) is 5.75 Å². The number of hydrogen-bond acceptors (Lipinski definition) is 4. The minimum atomic E-state index is -3.28. The number of anilines is 1. The molecular formula is C19H26N4O3S. The molecule has 0 aromatic heterocycles. The second-order valence-corrected chi connectivity index (χ2v) is 8.30. The van der Waals surface area contributed by atoms with Crippen molar-refractivity contribution in [3.05, 3.63) is 65.2 Å². The number of amides is 2. The fraction of sp³-hybridized carbons (Fsp3) is 0.316. The van der Waals surface area contributed by atoms with E-state index in [-0.39, 0.29) is 11.8 Å². The smallest absolute Gasteiger partial charge is 0.315 e. The number of sulfonamides is 1. The Morgan fingerprint density at radius 1 is 0.852 bits per heavy atom. The largest absolute Gasteiger partial charge is 0.378 e. The highest BCUT2D eigenvalue weighted by Crippen LogP contribution is 2.12. The molecule has 0 unspecified atom stereocenters. The van der Waals surface area contributed by atoms with Crippen molar-refractivity contribution in [1.82, 2.24) is 15.4 Å². The van der Waals surface area contributed by atoms with E-state index in [1.807, 2.05) is 43.3 Å². The summed E-state index contributed by atoms with van der Waals surface area (Å²) in [6, 6.07) is 14.8. The third-order valence-electron chi connectivity index (χ3n) is 4.05. The van der Waals surface area contributed by atoms with E-state index in [2.05, 4.69) is 15.4 Å². The zero-order chi connectivity index (χ0) is 19.9. The molecule has 0 fully saturated rings. The van der Waals surface area contributed by atoms with Crippen LogP contribution >= 0.6 is 0 Å². The molecule has 0 aliphatic rings.